The highest BCUT2D eigenvalue weighted by Crippen LogP contribution is 2.52. The molecule has 2 bridgehead atoms. The number of hydrazone groups is 1. The Hall–Kier alpha value is -3.16. The van der Waals surface area contributed by atoms with E-state index >= 15 is 0 Å². The van der Waals surface area contributed by atoms with Crippen molar-refractivity contribution in [1.82, 2.24) is 5.01 Å². The molecule has 0 aromatic heterocycles. The second kappa shape index (κ2) is 6.78. The maximum Gasteiger partial charge on any atom is 0.344 e. The molecule has 1 aromatic carbocycles. The molecule has 0 unspecified atom stereocenters. The predicted octanol–water partition coefficient (Wildman–Crippen LogP) is 1.69. The van der Waals surface area contributed by atoms with Gasteiger partial charge < -0.3 is 14.6 Å². The third-order valence-electron chi connectivity index (χ3n) is 5.61. The quantitative estimate of drug-likeness (QED) is 0.455. The second-order valence-corrected chi connectivity index (χ2v) is 7.24. The van der Waals surface area contributed by atoms with E-state index in [1.54, 1.807) is 18.2 Å². The first-order valence-corrected chi connectivity index (χ1v) is 9.08. The Bertz CT molecular complexity index is 878. The predicted molar refractivity (Wildman–Crippen MR) is 97.9 cm³/mol. The third kappa shape index (κ3) is 2.85. The Morgan fingerprint density at radius 2 is 1.86 bits per heavy atom. The van der Waals surface area contributed by atoms with Crippen LogP contribution in [-0.2, 0) is 14.4 Å². The zero-order valence-corrected chi connectivity index (χ0v) is 15.4. The van der Waals surface area contributed by atoms with E-state index in [9.17, 15) is 14.4 Å². The number of imide groups is 1. The zero-order chi connectivity index (χ0) is 20.0. The summed E-state index contributed by atoms with van der Waals surface area (Å²) in [6.45, 7) is 1.42. The molecule has 146 valence electrons. The average Bonchev–Trinajstić information content (AvgIpc) is 3.35. The van der Waals surface area contributed by atoms with Gasteiger partial charge in [0.25, 0.3) is 11.8 Å². The van der Waals surface area contributed by atoms with Crippen molar-refractivity contribution in [3.05, 3.63) is 35.9 Å². The smallest absolute Gasteiger partial charge is 0.344 e. The molecule has 1 saturated carbocycles. The Balaban J connectivity index is 1.51. The normalized spacial score (nSPS) is 28.9. The summed E-state index contributed by atoms with van der Waals surface area (Å²) in [4.78, 5) is 36.2. The number of hydrogen-bond acceptors (Lipinski definition) is 6. The van der Waals surface area contributed by atoms with Crippen molar-refractivity contribution < 1.29 is 29.0 Å². The van der Waals surface area contributed by atoms with Crippen molar-refractivity contribution in [3.8, 4) is 11.5 Å². The standard InChI is InChI=1S/C20H20N2O6/c1-10(20(25)26)28-14-6-3-11(7-15(14)27-2)9-21-22-18(23)16-12-4-5-13(8-12)17(16)19(22)24/h3-7,9-10,12-13,16-17H,8H2,1-2H3,(H,25,26)/t10-,12-,13-,16-,17+/m0/s1. The van der Waals surface area contributed by atoms with Crippen LogP contribution >= 0.6 is 0 Å². The van der Waals surface area contributed by atoms with Crippen LogP contribution in [0.1, 0.15) is 18.9 Å². The first-order chi connectivity index (χ1) is 13.4. The fraction of sp³-hybridized carbons (Fsp3) is 0.400. The third-order valence-corrected chi connectivity index (χ3v) is 5.61. The van der Waals surface area contributed by atoms with Crippen LogP contribution in [0.4, 0.5) is 0 Å². The van der Waals surface area contributed by atoms with E-state index in [1.165, 1.54) is 20.2 Å². The van der Waals surface area contributed by atoms with Gasteiger partial charge in [0.2, 0.25) is 0 Å². The zero-order valence-electron chi connectivity index (χ0n) is 15.4. The van der Waals surface area contributed by atoms with Gasteiger partial charge in [-0.1, -0.05) is 12.2 Å². The number of carboxylic acid groups (broad SMARTS) is 1. The molecular formula is C20H20N2O6. The van der Waals surface area contributed by atoms with Crippen LogP contribution in [0.25, 0.3) is 0 Å². The van der Waals surface area contributed by atoms with Gasteiger partial charge in [-0.3, -0.25) is 9.59 Å². The van der Waals surface area contributed by atoms with Crippen molar-refractivity contribution in [3.63, 3.8) is 0 Å². The molecule has 0 radical (unpaired) electrons. The van der Waals surface area contributed by atoms with Crippen molar-refractivity contribution in [1.29, 1.82) is 0 Å². The average molecular weight is 384 g/mol. The molecule has 1 N–H and O–H groups in total. The topological polar surface area (TPSA) is 106 Å². The summed E-state index contributed by atoms with van der Waals surface area (Å²) in [5.74, 6) is -1.28. The number of hydrogen-bond donors (Lipinski definition) is 1. The number of benzene rings is 1. The van der Waals surface area contributed by atoms with E-state index < -0.39 is 12.1 Å². The van der Waals surface area contributed by atoms with Crippen molar-refractivity contribution in [2.24, 2.45) is 28.8 Å². The highest BCUT2D eigenvalue weighted by molar-refractivity contribution is 6.06. The summed E-state index contributed by atoms with van der Waals surface area (Å²) in [5, 5.41) is 14.1. The monoisotopic (exact) mass is 384 g/mol. The van der Waals surface area contributed by atoms with Crippen molar-refractivity contribution in [2.75, 3.05) is 7.11 Å². The highest BCUT2D eigenvalue weighted by atomic mass is 16.5. The van der Waals surface area contributed by atoms with Crippen molar-refractivity contribution in [2.45, 2.75) is 19.4 Å². The lowest BCUT2D eigenvalue weighted by molar-refractivity contribution is -0.144. The van der Waals surface area contributed by atoms with Crippen LogP contribution in [0.3, 0.4) is 0 Å². The van der Waals surface area contributed by atoms with E-state index in [0.29, 0.717) is 11.3 Å². The minimum absolute atomic E-state index is 0.138. The Morgan fingerprint density at radius 3 is 2.43 bits per heavy atom. The molecule has 2 fully saturated rings. The van der Waals surface area contributed by atoms with Crippen LogP contribution in [0.15, 0.2) is 35.5 Å². The van der Waals surface area contributed by atoms with Crippen LogP contribution in [-0.4, -0.2) is 47.3 Å². The minimum atomic E-state index is -1.09. The molecule has 8 nitrogen and oxygen atoms in total. The van der Waals surface area contributed by atoms with E-state index in [4.69, 9.17) is 14.6 Å². The number of carbonyl (C=O) groups excluding carboxylic acids is 2. The molecule has 8 heteroatoms. The number of methoxy groups -OCH3 is 1. The van der Waals surface area contributed by atoms with Crippen LogP contribution in [0.5, 0.6) is 11.5 Å². The fourth-order valence-electron chi connectivity index (χ4n) is 4.23. The largest absolute Gasteiger partial charge is 0.493 e. The Morgan fingerprint density at radius 1 is 1.21 bits per heavy atom. The van der Waals surface area contributed by atoms with E-state index in [-0.39, 0.29) is 41.2 Å². The number of nitrogens with zero attached hydrogens (tertiary/aromatic N) is 2. The molecule has 1 aliphatic heterocycles. The summed E-state index contributed by atoms with van der Waals surface area (Å²) in [6.07, 6.45) is 5.33. The molecule has 28 heavy (non-hydrogen) atoms. The molecule has 0 spiro atoms. The molecule has 1 aromatic rings. The molecule has 2 amide bonds. The number of aliphatic carboxylic acids is 1. The molecule has 3 aliphatic rings. The van der Waals surface area contributed by atoms with Gasteiger partial charge in [0.1, 0.15) is 0 Å². The van der Waals surface area contributed by atoms with Crippen LogP contribution in [0, 0.1) is 23.7 Å². The van der Waals surface area contributed by atoms with Gasteiger partial charge in [0, 0.05) is 0 Å². The van der Waals surface area contributed by atoms with Crippen molar-refractivity contribution >= 4 is 24.0 Å². The van der Waals surface area contributed by atoms with Gasteiger partial charge >= 0.3 is 5.97 Å². The molecular weight excluding hydrogens is 364 g/mol. The lowest BCUT2D eigenvalue weighted by Gasteiger charge is -2.14. The molecule has 2 aliphatic carbocycles. The number of rotatable bonds is 6. The summed E-state index contributed by atoms with van der Waals surface area (Å²) < 4.78 is 10.6. The number of carboxylic acids is 1. The SMILES string of the molecule is COc1cc(C=NN2C(=O)[C@@H]3[C@H](C2=O)[C@H]2C=C[C@H]3C2)ccc1O[C@@H](C)C(=O)O. The Labute approximate surface area is 161 Å². The summed E-state index contributed by atoms with van der Waals surface area (Å²) in [5.41, 5.74) is 0.589. The summed E-state index contributed by atoms with van der Waals surface area (Å²) >= 11 is 0. The van der Waals surface area contributed by atoms with Crippen LogP contribution < -0.4 is 9.47 Å². The minimum Gasteiger partial charge on any atom is -0.493 e. The van der Waals surface area contributed by atoms with E-state index in [2.05, 4.69) is 5.10 Å². The number of ether oxygens (including phenoxy) is 2. The maximum absolute atomic E-state index is 12.6. The van der Waals surface area contributed by atoms with Gasteiger partial charge in [-0.25, -0.2) is 4.79 Å². The van der Waals surface area contributed by atoms with Gasteiger partial charge in [-0.15, -0.1) is 0 Å². The summed E-state index contributed by atoms with van der Waals surface area (Å²) in [6, 6.07) is 4.81. The summed E-state index contributed by atoms with van der Waals surface area (Å²) in [7, 11) is 1.44. The molecule has 1 saturated heterocycles. The van der Waals surface area contributed by atoms with Gasteiger partial charge in [-0.05, 0) is 48.9 Å². The number of carbonyl (C=O) groups is 3. The van der Waals surface area contributed by atoms with Gasteiger partial charge in [0.05, 0.1) is 25.2 Å². The number of fused-ring (bicyclic) bond motifs is 5. The van der Waals surface area contributed by atoms with Crippen LogP contribution in [0.2, 0.25) is 0 Å². The first kappa shape index (κ1) is 18.2. The second-order valence-electron chi connectivity index (χ2n) is 7.24. The molecule has 1 heterocycles. The highest BCUT2D eigenvalue weighted by Gasteiger charge is 2.59. The Kier molecular flexibility index (Phi) is 4.41. The lowest BCUT2D eigenvalue weighted by Crippen LogP contribution is -2.28. The lowest BCUT2D eigenvalue weighted by atomic mass is 9.85. The van der Waals surface area contributed by atoms with E-state index in [0.717, 1.165) is 11.4 Å². The number of allylic oxidation sites excluding steroid dienone is 2. The maximum atomic E-state index is 12.6. The van der Waals surface area contributed by atoms with Gasteiger partial charge in [0.15, 0.2) is 17.6 Å². The first-order valence-electron chi connectivity index (χ1n) is 9.08. The molecule has 5 atom stereocenters. The van der Waals surface area contributed by atoms with Gasteiger partial charge in [-0.2, -0.15) is 10.1 Å². The number of amides is 2. The molecule has 4 rings (SSSR count). The van der Waals surface area contributed by atoms with E-state index in [1.807, 2.05) is 12.2 Å². The fourth-order valence-corrected chi connectivity index (χ4v) is 4.23.